The van der Waals surface area contributed by atoms with Crippen molar-refractivity contribution in [2.75, 3.05) is 5.75 Å². The third-order valence-corrected chi connectivity index (χ3v) is 3.32. The van der Waals surface area contributed by atoms with E-state index in [4.69, 9.17) is 0 Å². The van der Waals surface area contributed by atoms with Gasteiger partial charge in [0.2, 0.25) is 5.91 Å². The van der Waals surface area contributed by atoms with Crippen LogP contribution in [0.4, 0.5) is 4.39 Å². The number of rotatable bonds is 5. The number of hydrogen-bond acceptors (Lipinski definition) is 4. The van der Waals surface area contributed by atoms with Gasteiger partial charge in [0.15, 0.2) is 0 Å². The fourth-order valence-electron chi connectivity index (χ4n) is 1.36. The van der Waals surface area contributed by atoms with E-state index < -0.39 is 0 Å². The zero-order valence-electron chi connectivity index (χ0n) is 10.5. The molecular formula is C14H12FN3OS. The SMILES string of the molecule is O=C(CSc1ccccc1F)N/N=C\c1ccccn1. The molecule has 4 nitrogen and oxygen atoms in total. The Morgan fingerprint density at radius 2 is 2.10 bits per heavy atom. The predicted octanol–water partition coefficient (Wildman–Crippen LogP) is 2.46. The van der Waals surface area contributed by atoms with Crippen LogP contribution in [-0.2, 0) is 4.79 Å². The number of benzene rings is 1. The minimum absolute atomic E-state index is 0.0977. The molecule has 0 aliphatic rings. The molecule has 0 atom stereocenters. The minimum atomic E-state index is -0.331. The summed E-state index contributed by atoms with van der Waals surface area (Å²) in [5.41, 5.74) is 3.02. The van der Waals surface area contributed by atoms with E-state index in [1.54, 1.807) is 36.5 Å². The highest BCUT2D eigenvalue weighted by atomic mass is 32.2. The molecule has 1 aromatic heterocycles. The Kier molecular flexibility index (Phi) is 5.25. The van der Waals surface area contributed by atoms with Gasteiger partial charge in [-0.3, -0.25) is 9.78 Å². The van der Waals surface area contributed by atoms with Gasteiger partial charge in [-0.15, -0.1) is 11.8 Å². The lowest BCUT2D eigenvalue weighted by molar-refractivity contribution is -0.118. The number of nitrogens with one attached hydrogen (secondary N) is 1. The van der Waals surface area contributed by atoms with Crippen LogP contribution in [0.1, 0.15) is 5.69 Å². The molecule has 0 bridgehead atoms. The van der Waals surface area contributed by atoms with Gasteiger partial charge in [0.25, 0.3) is 0 Å². The maximum Gasteiger partial charge on any atom is 0.250 e. The molecular weight excluding hydrogens is 277 g/mol. The molecule has 6 heteroatoms. The maximum absolute atomic E-state index is 13.3. The van der Waals surface area contributed by atoms with Crippen LogP contribution < -0.4 is 5.43 Å². The highest BCUT2D eigenvalue weighted by Gasteiger charge is 2.05. The van der Waals surface area contributed by atoms with Crippen molar-refractivity contribution >= 4 is 23.9 Å². The Morgan fingerprint density at radius 1 is 1.30 bits per heavy atom. The molecule has 102 valence electrons. The topological polar surface area (TPSA) is 54.4 Å². The monoisotopic (exact) mass is 289 g/mol. The lowest BCUT2D eigenvalue weighted by atomic mass is 10.3. The summed E-state index contributed by atoms with van der Waals surface area (Å²) in [5, 5.41) is 3.78. The van der Waals surface area contributed by atoms with Gasteiger partial charge in [-0.25, -0.2) is 9.82 Å². The van der Waals surface area contributed by atoms with Crippen molar-refractivity contribution in [2.24, 2.45) is 5.10 Å². The molecule has 0 aliphatic carbocycles. The summed E-state index contributed by atoms with van der Waals surface area (Å²) >= 11 is 1.12. The van der Waals surface area contributed by atoms with Crippen LogP contribution in [0.15, 0.2) is 58.7 Å². The van der Waals surface area contributed by atoms with Gasteiger partial charge in [0.05, 0.1) is 17.7 Å². The zero-order chi connectivity index (χ0) is 14.2. The van der Waals surface area contributed by atoms with Gasteiger partial charge < -0.3 is 0 Å². The average molecular weight is 289 g/mol. The summed E-state index contributed by atoms with van der Waals surface area (Å²) in [6.07, 6.45) is 3.09. The number of hydrogen-bond donors (Lipinski definition) is 1. The summed E-state index contributed by atoms with van der Waals surface area (Å²) in [6.45, 7) is 0. The van der Waals surface area contributed by atoms with Gasteiger partial charge in [-0.05, 0) is 24.3 Å². The molecule has 0 fully saturated rings. The molecule has 0 aliphatic heterocycles. The van der Waals surface area contributed by atoms with Gasteiger partial charge in [0.1, 0.15) is 5.82 Å². The molecule has 0 saturated heterocycles. The second-order valence-corrected chi connectivity index (χ2v) is 4.78. The van der Waals surface area contributed by atoms with Crippen LogP contribution in [-0.4, -0.2) is 22.9 Å². The second kappa shape index (κ2) is 7.40. The molecule has 1 N–H and O–H groups in total. The van der Waals surface area contributed by atoms with E-state index in [2.05, 4.69) is 15.5 Å². The standard InChI is InChI=1S/C14H12FN3OS/c15-12-6-1-2-7-13(12)20-10-14(19)18-17-9-11-5-3-4-8-16-11/h1-9H,10H2,(H,18,19)/b17-9-. The van der Waals surface area contributed by atoms with E-state index in [-0.39, 0.29) is 17.5 Å². The van der Waals surface area contributed by atoms with Gasteiger partial charge in [-0.1, -0.05) is 18.2 Å². The van der Waals surface area contributed by atoms with E-state index in [1.165, 1.54) is 12.3 Å². The first kappa shape index (κ1) is 14.2. The molecule has 2 aromatic rings. The fraction of sp³-hybridized carbons (Fsp3) is 0.0714. The quantitative estimate of drug-likeness (QED) is 0.522. The summed E-state index contributed by atoms with van der Waals surface area (Å²) in [5.74, 6) is -0.534. The third-order valence-electron chi connectivity index (χ3n) is 2.27. The number of pyridine rings is 1. The van der Waals surface area contributed by atoms with Gasteiger partial charge in [-0.2, -0.15) is 5.10 Å². The molecule has 0 radical (unpaired) electrons. The van der Waals surface area contributed by atoms with Crippen molar-refractivity contribution in [2.45, 2.75) is 4.90 Å². The summed E-state index contributed by atoms with van der Waals surface area (Å²) < 4.78 is 13.3. The highest BCUT2D eigenvalue weighted by Crippen LogP contribution is 2.20. The average Bonchev–Trinajstić information content (AvgIpc) is 2.47. The normalized spacial score (nSPS) is 10.7. The molecule has 0 unspecified atom stereocenters. The van der Waals surface area contributed by atoms with Gasteiger partial charge in [0, 0.05) is 11.1 Å². The van der Waals surface area contributed by atoms with Crippen LogP contribution in [0.3, 0.4) is 0 Å². The van der Waals surface area contributed by atoms with Crippen molar-refractivity contribution < 1.29 is 9.18 Å². The highest BCUT2D eigenvalue weighted by molar-refractivity contribution is 8.00. The first-order valence-corrected chi connectivity index (χ1v) is 6.84. The predicted molar refractivity (Wildman–Crippen MR) is 77.1 cm³/mol. The summed E-state index contributed by atoms with van der Waals surface area (Å²) in [4.78, 5) is 16.0. The van der Waals surface area contributed by atoms with Crippen LogP contribution in [0.5, 0.6) is 0 Å². The molecule has 1 heterocycles. The second-order valence-electron chi connectivity index (χ2n) is 3.77. The summed E-state index contributed by atoms with van der Waals surface area (Å²) in [6, 6.07) is 11.7. The molecule has 1 aromatic carbocycles. The van der Waals surface area contributed by atoms with Crippen LogP contribution in [0.25, 0.3) is 0 Å². The van der Waals surface area contributed by atoms with E-state index in [1.807, 2.05) is 6.07 Å². The Bertz CT molecular complexity index is 604. The zero-order valence-corrected chi connectivity index (χ0v) is 11.3. The summed E-state index contributed by atoms with van der Waals surface area (Å²) in [7, 11) is 0. The van der Waals surface area contributed by atoms with Crippen molar-refractivity contribution in [3.63, 3.8) is 0 Å². The Hall–Kier alpha value is -2.21. The fourth-order valence-corrected chi connectivity index (χ4v) is 2.09. The van der Waals surface area contributed by atoms with E-state index >= 15 is 0 Å². The number of amides is 1. The van der Waals surface area contributed by atoms with Crippen LogP contribution in [0.2, 0.25) is 0 Å². The number of carbonyl (C=O) groups is 1. The number of aromatic nitrogens is 1. The van der Waals surface area contributed by atoms with E-state index in [9.17, 15) is 9.18 Å². The molecule has 2 rings (SSSR count). The first-order chi connectivity index (χ1) is 9.75. The van der Waals surface area contributed by atoms with Crippen molar-refractivity contribution in [1.82, 2.24) is 10.4 Å². The van der Waals surface area contributed by atoms with Crippen LogP contribution >= 0.6 is 11.8 Å². The maximum atomic E-state index is 13.3. The van der Waals surface area contributed by atoms with Crippen molar-refractivity contribution in [1.29, 1.82) is 0 Å². The smallest absolute Gasteiger partial charge is 0.250 e. The van der Waals surface area contributed by atoms with E-state index in [0.717, 1.165) is 11.8 Å². The lowest BCUT2D eigenvalue weighted by Gasteiger charge is -2.01. The largest absolute Gasteiger partial charge is 0.272 e. The Morgan fingerprint density at radius 3 is 2.85 bits per heavy atom. The Balaban J connectivity index is 1.79. The number of nitrogens with zero attached hydrogens (tertiary/aromatic N) is 2. The Labute approximate surface area is 120 Å². The molecule has 0 saturated carbocycles. The van der Waals surface area contributed by atoms with Crippen molar-refractivity contribution in [3.8, 4) is 0 Å². The number of hydrazone groups is 1. The first-order valence-electron chi connectivity index (χ1n) is 5.86. The molecule has 20 heavy (non-hydrogen) atoms. The van der Waals surface area contributed by atoms with Crippen LogP contribution in [0, 0.1) is 5.82 Å². The molecule has 0 spiro atoms. The number of carbonyl (C=O) groups excluding carboxylic acids is 1. The lowest BCUT2D eigenvalue weighted by Crippen LogP contribution is -2.19. The molecule has 1 amide bonds. The van der Waals surface area contributed by atoms with Gasteiger partial charge >= 0.3 is 0 Å². The minimum Gasteiger partial charge on any atom is -0.272 e. The number of thioether (sulfide) groups is 1. The van der Waals surface area contributed by atoms with Crippen molar-refractivity contribution in [3.05, 3.63) is 60.2 Å². The number of halogens is 1. The van der Waals surface area contributed by atoms with E-state index in [0.29, 0.717) is 10.6 Å². The third kappa shape index (κ3) is 4.47.